The van der Waals surface area contributed by atoms with Crippen LogP contribution in [0.4, 0.5) is 4.79 Å². The summed E-state index contributed by atoms with van der Waals surface area (Å²) in [5, 5.41) is 1.08. The van der Waals surface area contributed by atoms with Gasteiger partial charge in [0.2, 0.25) is 5.88 Å². The maximum Gasteiger partial charge on any atom is 0.410 e. The van der Waals surface area contributed by atoms with Gasteiger partial charge in [0.1, 0.15) is 23.9 Å². The molecule has 2 aromatic rings. The summed E-state index contributed by atoms with van der Waals surface area (Å²) in [5.41, 5.74) is 2.71. The average molecular weight is 443 g/mol. The lowest BCUT2D eigenvalue weighted by molar-refractivity contribution is -0.950. The molecule has 1 amide bonds. The molecule has 1 aromatic carbocycles. The first kappa shape index (κ1) is 22.6. The van der Waals surface area contributed by atoms with Crippen LogP contribution in [-0.2, 0) is 17.7 Å². The van der Waals surface area contributed by atoms with Crippen LogP contribution in [0, 0.1) is 0 Å². The average Bonchev–Trinajstić information content (AvgIpc) is 2.71. The van der Waals surface area contributed by atoms with Crippen LogP contribution in [0.1, 0.15) is 45.2 Å². The van der Waals surface area contributed by atoms with Crippen LogP contribution in [0.2, 0.25) is 0 Å². The van der Waals surface area contributed by atoms with Crippen molar-refractivity contribution in [3.05, 3.63) is 29.3 Å². The van der Waals surface area contributed by atoms with Crippen molar-refractivity contribution in [2.24, 2.45) is 0 Å². The fourth-order valence-corrected chi connectivity index (χ4v) is 4.83. The van der Waals surface area contributed by atoms with E-state index in [0.29, 0.717) is 31.6 Å². The van der Waals surface area contributed by atoms with Crippen LogP contribution >= 0.6 is 0 Å². The van der Waals surface area contributed by atoms with E-state index in [-0.39, 0.29) is 6.09 Å². The number of nitrogens with zero attached hydrogens (tertiary/aromatic N) is 3. The van der Waals surface area contributed by atoms with Crippen LogP contribution in [0.15, 0.2) is 18.2 Å². The molecular formula is C25H36N3O4+. The number of carbonyl (C=O) groups is 1. The highest BCUT2D eigenvalue weighted by molar-refractivity contribution is 5.83. The van der Waals surface area contributed by atoms with Gasteiger partial charge in [0.15, 0.2) is 0 Å². The number of amides is 1. The van der Waals surface area contributed by atoms with Gasteiger partial charge < -0.3 is 18.7 Å². The lowest BCUT2D eigenvalue weighted by Crippen LogP contribution is -2.64. The molecule has 0 saturated carbocycles. The Morgan fingerprint density at radius 2 is 2.09 bits per heavy atom. The zero-order chi connectivity index (χ0) is 23.1. The van der Waals surface area contributed by atoms with E-state index in [9.17, 15) is 4.79 Å². The van der Waals surface area contributed by atoms with Crippen molar-refractivity contribution >= 4 is 17.0 Å². The van der Waals surface area contributed by atoms with E-state index >= 15 is 0 Å². The Kier molecular flexibility index (Phi) is 5.96. The Morgan fingerprint density at radius 3 is 2.78 bits per heavy atom. The number of methoxy groups -OCH3 is 1. The standard InChI is InChI=1S/C25H36N3O4/c1-7-17-12-18-14-22-19(13-21(18)26-23(17)30-6)16-28(5)10-9-27(15-20(28)8-11-31-22)24(29)32-25(2,3)4/h12-14,20H,7-11,15-16H2,1-6H3/q+1/t20-,28?/m0/s1. The van der Waals surface area contributed by atoms with E-state index < -0.39 is 5.60 Å². The van der Waals surface area contributed by atoms with Crippen molar-refractivity contribution in [1.82, 2.24) is 9.88 Å². The largest absolute Gasteiger partial charge is 0.493 e. The van der Waals surface area contributed by atoms with Crippen molar-refractivity contribution in [2.45, 2.75) is 58.7 Å². The summed E-state index contributed by atoms with van der Waals surface area (Å²) in [4.78, 5) is 19.3. The maximum atomic E-state index is 12.6. The third-order valence-corrected chi connectivity index (χ3v) is 6.70. The molecule has 0 radical (unpaired) electrons. The number of benzene rings is 1. The second kappa shape index (κ2) is 8.43. The fraction of sp³-hybridized carbons (Fsp3) is 0.600. The van der Waals surface area contributed by atoms with E-state index in [1.54, 1.807) is 7.11 Å². The van der Waals surface area contributed by atoms with Gasteiger partial charge >= 0.3 is 6.09 Å². The molecule has 0 bridgehead atoms. The van der Waals surface area contributed by atoms with Crippen LogP contribution in [-0.4, -0.2) is 72.5 Å². The second-order valence-corrected chi connectivity index (χ2v) is 10.2. The summed E-state index contributed by atoms with van der Waals surface area (Å²) in [6.45, 7) is 11.6. The number of hydrogen-bond donors (Lipinski definition) is 0. The number of hydrogen-bond acceptors (Lipinski definition) is 5. The van der Waals surface area contributed by atoms with Crippen LogP contribution in [0.3, 0.4) is 0 Å². The van der Waals surface area contributed by atoms with Gasteiger partial charge in [-0.15, -0.1) is 0 Å². The third-order valence-electron chi connectivity index (χ3n) is 6.70. The molecule has 174 valence electrons. The number of likely N-dealkylation sites (N-methyl/N-ethyl adjacent to an activating group) is 1. The molecule has 2 aliphatic rings. The number of carbonyl (C=O) groups excluding carboxylic acids is 1. The first-order valence-corrected chi connectivity index (χ1v) is 11.6. The number of quaternary nitrogens is 1. The molecule has 2 atom stereocenters. The van der Waals surface area contributed by atoms with Crippen LogP contribution in [0.25, 0.3) is 10.9 Å². The minimum atomic E-state index is -0.484. The first-order chi connectivity index (χ1) is 15.1. The van der Waals surface area contributed by atoms with Crippen molar-refractivity contribution in [3.63, 3.8) is 0 Å². The van der Waals surface area contributed by atoms with E-state index in [4.69, 9.17) is 19.2 Å². The fourth-order valence-electron chi connectivity index (χ4n) is 4.83. The minimum Gasteiger partial charge on any atom is -0.493 e. The number of aromatic nitrogens is 1. The quantitative estimate of drug-likeness (QED) is 0.654. The number of rotatable bonds is 2. The lowest BCUT2D eigenvalue weighted by atomic mass is 10.00. The van der Waals surface area contributed by atoms with Gasteiger partial charge in [0.25, 0.3) is 0 Å². The highest BCUT2D eigenvalue weighted by atomic mass is 16.6. The summed E-state index contributed by atoms with van der Waals surface area (Å²) in [7, 11) is 3.97. The molecule has 0 spiro atoms. The van der Waals surface area contributed by atoms with Crippen LogP contribution < -0.4 is 9.47 Å². The molecular weight excluding hydrogens is 406 g/mol. The predicted octanol–water partition coefficient (Wildman–Crippen LogP) is 4.15. The van der Waals surface area contributed by atoms with Gasteiger partial charge in [-0.1, -0.05) is 6.92 Å². The zero-order valence-corrected chi connectivity index (χ0v) is 20.2. The molecule has 1 fully saturated rings. The number of ether oxygens (including phenoxy) is 3. The van der Waals surface area contributed by atoms with E-state index in [2.05, 4.69) is 32.2 Å². The molecule has 0 aliphatic carbocycles. The summed E-state index contributed by atoms with van der Waals surface area (Å²) in [6.07, 6.45) is 1.55. The SMILES string of the molecule is CCc1cc2cc3c(cc2nc1OC)C[N+]1(C)CCN(C(=O)OC(C)(C)C)C[C@@H]1CCO3. The zero-order valence-electron chi connectivity index (χ0n) is 20.2. The molecule has 0 N–H and O–H groups in total. The van der Waals surface area contributed by atoms with E-state index in [1.165, 1.54) is 0 Å². The topological polar surface area (TPSA) is 60.9 Å². The van der Waals surface area contributed by atoms with Gasteiger partial charge in [0, 0.05) is 17.4 Å². The van der Waals surface area contributed by atoms with Crippen molar-refractivity contribution < 1.29 is 23.5 Å². The number of fused-ring (bicyclic) bond motifs is 3. The number of aryl methyl sites for hydroxylation is 1. The molecule has 7 nitrogen and oxygen atoms in total. The molecule has 4 rings (SSSR count). The number of piperazine rings is 1. The van der Waals surface area contributed by atoms with Crippen molar-refractivity contribution in [1.29, 1.82) is 0 Å². The summed E-state index contributed by atoms with van der Waals surface area (Å²) in [6, 6.07) is 6.73. The highest BCUT2D eigenvalue weighted by Crippen LogP contribution is 2.35. The second-order valence-electron chi connectivity index (χ2n) is 10.2. The molecule has 1 unspecified atom stereocenters. The third kappa shape index (κ3) is 4.49. The van der Waals surface area contributed by atoms with Gasteiger partial charge in [0.05, 0.1) is 51.5 Å². The van der Waals surface area contributed by atoms with Gasteiger partial charge in [-0.05, 0) is 45.4 Å². The van der Waals surface area contributed by atoms with Gasteiger partial charge in [-0.3, -0.25) is 4.90 Å². The smallest absolute Gasteiger partial charge is 0.410 e. The summed E-state index contributed by atoms with van der Waals surface area (Å²) in [5.74, 6) is 1.63. The van der Waals surface area contributed by atoms with Gasteiger partial charge in [-0.25, -0.2) is 9.78 Å². The normalized spacial score (nSPS) is 23.4. The van der Waals surface area contributed by atoms with E-state index in [1.807, 2.05) is 25.7 Å². The molecule has 1 aromatic heterocycles. The van der Waals surface area contributed by atoms with Crippen LogP contribution in [0.5, 0.6) is 11.6 Å². The van der Waals surface area contributed by atoms with Crippen molar-refractivity contribution in [3.8, 4) is 11.6 Å². The summed E-state index contributed by atoms with van der Waals surface area (Å²) >= 11 is 0. The first-order valence-electron chi connectivity index (χ1n) is 11.6. The monoisotopic (exact) mass is 442 g/mol. The highest BCUT2D eigenvalue weighted by Gasteiger charge is 2.42. The minimum absolute atomic E-state index is 0.221. The Bertz CT molecular complexity index is 1020. The molecule has 3 heterocycles. The Balaban J connectivity index is 1.61. The summed E-state index contributed by atoms with van der Waals surface area (Å²) < 4.78 is 18.2. The molecule has 32 heavy (non-hydrogen) atoms. The number of pyridine rings is 1. The predicted molar refractivity (Wildman–Crippen MR) is 124 cm³/mol. The van der Waals surface area contributed by atoms with E-state index in [0.717, 1.165) is 58.2 Å². The molecule has 1 saturated heterocycles. The Morgan fingerprint density at radius 1 is 1.31 bits per heavy atom. The Labute approximate surface area is 190 Å². The molecule has 7 heteroatoms. The van der Waals surface area contributed by atoms with Crippen molar-refractivity contribution in [2.75, 3.05) is 40.4 Å². The van der Waals surface area contributed by atoms with Gasteiger partial charge in [-0.2, -0.15) is 0 Å². The lowest BCUT2D eigenvalue weighted by Gasteiger charge is -2.49. The maximum absolute atomic E-state index is 12.6. The Hall–Kier alpha value is -2.54. The molecule has 2 aliphatic heterocycles.